The van der Waals surface area contributed by atoms with Gasteiger partial charge in [-0.05, 0) is 36.2 Å². The fourth-order valence-electron chi connectivity index (χ4n) is 2.98. The number of nitrogens with zero attached hydrogens (tertiary/aromatic N) is 2. The molecule has 0 fully saturated rings. The maximum atomic E-state index is 12.6. The fraction of sp³-hybridized carbons (Fsp3) is 0.286. The minimum atomic E-state index is -0.222. The zero-order valence-electron chi connectivity index (χ0n) is 15.6. The van der Waals surface area contributed by atoms with Gasteiger partial charge in [0.2, 0.25) is 5.91 Å². The predicted molar refractivity (Wildman–Crippen MR) is 111 cm³/mol. The van der Waals surface area contributed by atoms with Crippen LogP contribution in [0.25, 0.3) is 10.9 Å². The molecule has 1 heterocycles. The van der Waals surface area contributed by atoms with Crippen molar-refractivity contribution in [2.75, 3.05) is 6.54 Å². The summed E-state index contributed by atoms with van der Waals surface area (Å²) in [6.45, 7) is 6.48. The third-order valence-corrected chi connectivity index (χ3v) is 5.25. The van der Waals surface area contributed by atoms with Gasteiger partial charge in [0.1, 0.15) is 6.54 Å². The molecule has 0 atom stereocenters. The highest BCUT2D eigenvalue weighted by Gasteiger charge is 2.21. The van der Waals surface area contributed by atoms with Crippen LogP contribution in [0.1, 0.15) is 25.0 Å². The van der Waals surface area contributed by atoms with Gasteiger partial charge in [0, 0.05) is 16.4 Å². The van der Waals surface area contributed by atoms with Crippen molar-refractivity contribution in [2.45, 2.75) is 32.7 Å². The summed E-state index contributed by atoms with van der Waals surface area (Å²) in [6.07, 6.45) is 1.44. The van der Waals surface area contributed by atoms with Crippen molar-refractivity contribution < 1.29 is 4.79 Å². The van der Waals surface area contributed by atoms with Gasteiger partial charge in [-0.25, -0.2) is 4.98 Å². The van der Waals surface area contributed by atoms with Gasteiger partial charge < -0.3 is 5.32 Å². The number of nitrogens with one attached hydrogen (secondary N) is 1. The van der Waals surface area contributed by atoms with Crippen molar-refractivity contribution in [3.05, 3.63) is 74.7 Å². The van der Waals surface area contributed by atoms with E-state index in [1.54, 1.807) is 6.07 Å². The first-order chi connectivity index (χ1) is 12.8. The number of amides is 1. The van der Waals surface area contributed by atoms with Gasteiger partial charge in [0.15, 0.2) is 0 Å². The summed E-state index contributed by atoms with van der Waals surface area (Å²) in [6, 6.07) is 13.5. The van der Waals surface area contributed by atoms with E-state index in [9.17, 15) is 9.59 Å². The molecule has 5 nitrogen and oxygen atoms in total. The maximum Gasteiger partial charge on any atom is 0.261 e. The van der Waals surface area contributed by atoms with Gasteiger partial charge in [-0.1, -0.05) is 54.0 Å². The van der Waals surface area contributed by atoms with Crippen LogP contribution in [0.15, 0.2) is 58.1 Å². The van der Waals surface area contributed by atoms with Gasteiger partial charge >= 0.3 is 0 Å². The van der Waals surface area contributed by atoms with E-state index in [-0.39, 0.29) is 23.4 Å². The number of aryl methyl sites for hydroxylation is 1. The van der Waals surface area contributed by atoms with Crippen molar-refractivity contribution >= 4 is 32.7 Å². The molecule has 1 N–H and O–H groups in total. The predicted octanol–water partition coefficient (Wildman–Crippen LogP) is 3.56. The molecule has 0 spiro atoms. The van der Waals surface area contributed by atoms with E-state index in [4.69, 9.17) is 0 Å². The number of benzene rings is 2. The first-order valence-electron chi connectivity index (χ1n) is 8.75. The Labute approximate surface area is 166 Å². The van der Waals surface area contributed by atoms with Crippen LogP contribution in [-0.2, 0) is 16.8 Å². The minimum absolute atomic E-state index is 0.0495. The van der Waals surface area contributed by atoms with Crippen molar-refractivity contribution in [3.63, 3.8) is 0 Å². The quantitative estimate of drug-likeness (QED) is 0.676. The Kier molecular flexibility index (Phi) is 5.46. The van der Waals surface area contributed by atoms with E-state index >= 15 is 0 Å². The van der Waals surface area contributed by atoms with Crippen LogP contribution in [0.2, 0.25) is 0 Å². The average Bonchev–Trinajstić information content (AvgIpc) is 2.63. The smallest absolute Gasteiger partial charge is 0.261 e. The lowest BCUT2D eigenvalue weighted by Crippen LogP contribution is -2.39. The van der Waals surface area contributed by atoms with Crippen LogP contribution in [0, 0.1) is 6.92 Å². The first kappa shape index (κ1) is 19.3. The van der Waals surface area contributed by atoms with Gasteiger partial charge in [-0.3, -0.25) is 14.2 Å². The summed E-state index contributed by atoms with van der Waals surface area (Å²) < 4.78 is 2.37. The molecular weight excluding hydrogens is 406 g/mol. The number of hydrogen-bond donors (Lipinski definition) is 1. The molecule has 0 bridgehead atoms. The molecule has 0 aliphatic heterocycles. The van der Waals surface area contributed by atoms with Gasteiger partial charge in [-0.15, -0.1) is 0 Å². The minimum Gasteiger partial charge on any atom is -0.354 e. The summed E-state index contributed by atoms with van der Waals surface area (Å²) in [7, 11) is 0. The third kappa shape index (κ3) is 4.27. The van der Waals surface area contributed by atoms with Gasteiger partial charge in [0.25, 0.3) is 5.56 Å². The van der Waals surface area contributed by atoms with Crippen LogP contribution in [0.3, 0.4) is 0 Å². The summed E-state index contributed by atoms with van der Waals surface area (Å²) in [5, 5.41) is 3.46. The zero-order chi connectivity index (χ0) is 19.6. The Balaban J connectivity index is 1.71. The van der Waals surface area contributed by atoms with Crippen LogP contribution in [0.5, 0.6) is 0 Å². The number of hydrogen-bond acceptors (Lipinski definition) is 3. The summed E-state index contributed by atoms with van der Waals surface area (Å²) in [5.41, 5.74) is 2.32. The van der Waals surface area contributed by atoms with E-state index in [0.717, 1.165) is 15.6 Å². The molecule has 0 aliphatic carbocycles. The van der Waals surface area contributed by atoms with E-state index in [1.807, 2.05) is 43.3 Å². The van der Waals surface area contributed by atoms with E-state index in [0.29, 0.717) is 17.4 Å². The summed E-state index contributed by atoms with van der Waals surface area (Å²) in [4.78, 5) is 29.3. The molecule has 27 heavy (non-hydrogen) atoms. The summed E-state index contributed by atoms with van der Waals surface area (Å²) >= 11 is 3.43. The fourth-order valence-corrected chi connectivity index (χ4v) is 3.25. The van der Waals surface area contributed by atoms with Crippen molar-refractivity contribution in [1.29, 1.82) is 0 Å². The Hall–Kier alpha value is -2.47. The number of para-hydroxylation sites is 1. The standard InChI is InChI=1S/C21H22BrN3O2/c1-14-5-4-6-17-19(14)24-13-25(20(17)27)11-18(26)23-12-21(2,3)15-7-9-16(22)10-8-15/h4-10,13H,11-12H2,1-3H3,(H,23,26). The average molecular weight is 428 g/mol. The van der Waals surface area contributed by atoms with Crippen LogP contribution in [0.4, 0.5) is 0 Å². The van der Waals surface area contributed by atoms with Gasteiger partial charge in [-0.2, -0.15) is 0 Å². The number of carbonyl (C=O) groups is 1. The van der Waals surface area contributed by atoms with E-state index in [2.05, 4.69) is 40.1 Å². The normalized spacial score (nSPS) is 11.6. The number of carbonyl (C=O) groups excluding carboxylic acids is 1. The molecule has 1 aromatic heterocycles. The number of halogens is 1. The second kappa shape index (κ2) is 7.64. The van der Waals surface area contributed by atoms with Gasteiger partial charge in [0.05, 0.1) is 17.2 Å². The van der Waals surface area contributed by atoms with E-state index in [1.165, 1.54) is 10.9 Å². The third-order valence-electron chi connectivity index (χ3n) is 4.72. The molecule has 0 saturated heterocycles. The molecule has 0 aliphatic rings. The second-order valence-corrected chi connectivity index (χ2v) is 8.23. The molecule has 3 aromatic rings. The lowest BCUT2D eigenvalue weighted by Gasteiger charge is -2.26. The highest BCUT2D eigenvalue weighted by Crippen LogP contribution is 2.24. The number of fused-ring (bicyclic) bond motifs is 1. The second-order valence-electron chi connectivity index (χ2n) is 7.32. The van der Waals surface area contributed by atoms with Crippen molar-refractivity contribution in [1.82, 2.24) is 14.9 Å². The van der Waals surface area contributed by atoms with Crippen LogP contribution >= 0.6 is 15.9 Å². The monoisotopic (exact) mass is 427 g/mol. The molecule has 6 heteroatoms. The molecule has 3 rings (SSSR count). The largest absolute Gasteiger partial charge is 0.354 e. The van der Waals surface area contributed by atoms with E-state index < -0.39 is 0 Å². The SMILES string of the molecule is Cc1cccc2c(=O)n(CC(=O)NCC(C)(C)c3ccc(Br)cc3)cnc12. The molecule has 140 valence electrons. The van der Waals surface area contributed by atoms with Crippen molar-refractivity contribution in [2.24, 2.45) is 0 Å². The molecular formula is C21H22BrN3O2. The Bertz CT molecular complexity index is 1040. The molecule has 0 saturated carbocycles. The topological polar surface area (TPSA) is 64.0 Å². The summed E-state index contributed by atoms with van der Waals surface area (Å²) in [5.74, 6) is -0.212. The van der Waals surface area contributed by atoms with Crippen LogP contribution in [-0.4, -0.2) is 22.0 Å². The highest BCUT2D eigenvalue weighted by atomic mass is 79.9. The lowest BCUT2D eigenvalue weighted by molar-refractivity contribution is -0.121. The lowest BCUT2D eigenvalue weighted by atomic mass is 9.84. The van der Waals surface area contributed by atoms with Crippen molar-refractivity contribution in [3.8, 4) is 0 Å². The maximum absolute atomic E-state index is 12.6. The molecule has 2 aromatic carbocycles. The number of rotatable bonds is 5. The Morgan fingerprint density at radius 3 is 2.59 bits per heavy atom. The Morgan fingerprint density at radius 1 is 1.19 bits per heavy atom. The van der Waals surface area contributed by atoms with Crippen LogP contribution < -0.4 is 10.9 Å². The molecule has 0 radical (unpaired) electrons. The number of aromatic nitrogens is 2. The highest BCUT2D eigenvalue weighted by molar-refractivity contribution is 9.10. The Morgan fingerprint density at radius 2 is 1.89 bits per heavy atom. The molecule has 0 unspecified atom stereocenters. The first-order valence-corrected chi connectivity index (χ1v) is 9.55. The molecule has 1 amide bonds. The zero-order valence-corrected chi connectivity index (χ0v) is 17.2.